The lowest BCUT2D eigenvalue weighted by molar-refractivity contribution is 0.0824. The lowest BCUT2D eigenvalue weighted by Crippen LogP contribution is -2.60. The van der Waals surface area contributed by atoms with E-state index in [0.717, 1.165) is 11.3 Å². The van der Waals surface area contributed by atoms with Gasteiger partial charge in [0.2, 0.25) is 0 Å². The molecule has 4 N–H and O–H groups in total. The molecule has 0 saturated carbocycles. The molecule has 1 aliphatic rings. The third kappa shape index (κ3) is 4.48. The van der Waals surface area contributed by atoms with Gasteiger partial charge in [0.05, 0.1) is 11.3 Å². The fourth-order valence-corrected chi connectivity index (χ4v) is 5.23. The molecular weight excluding hydrogens is 426 g/mol. The summed E-state index contributed by atoms with van der Waals surface area (Å²) < 4.78 is 30.8. The minimum absolute atomic E-state index is 0.0715. The van der Waals surface area contributed by atoms with Gasteiger partial charge in [-0.2, -0.15) is 13.1 Å². The zero-order valence-electron chi connectivity index (χ0n) is 17.1. The Morgan fingerprint density at radius 3 is 2.67 bits per heavy atom. The number of benzene rings is 1. The minimum atomic E-state index is -3.94. The van der Waals surface area contributed by atoms with E-state index in [9.17, 15) is 18.3 Å². The molecule has 2 atom stereocenters. The number of nitrogens with zero attached hydrogens (tertiary/aromatic N) is 2. The van der Waals surface area contributed by atoms with Crippen LogP contribution in [0.2, 0.25) is 0 Å². The molecule has 2 heterocycles. The van der Waals surface area contributed by atoms with Crippen LogP contribution in [0.5, 0.6) is 5.75 Å². The van der Waals surface area contributed by atoms with Gasteiger partial charge in [0.15, 0.2) is 11.6 Å². The monoisotopic (exact) mass is 451 g/mol. The summed E-state index contributed by atoms with van der Waals surface area (Å²) in [6, 6.07) is 8.44. The molecule has 1 aliphatic heterocycles. The average Bonchev–Trinajstić information content (AvgIpc) is 3.27. The number of carbonyl (C=O) groups excluding carboxylic acids is 1. The van der Waals surface area contributed by atoms with E-state index in [-0.39, 0.29) is 34.8 Å². The predicted molar refractivity (Wildman–Crippen MR) is 118 cm³/mol. The number of aromatic hydroxyl groups is 1. The molecule has 11 heteroatoms. The Hall–Kier alpha value is -2.47. The van der Waals surface area contributed by atoms with E-state index in [2.05, 4.69) is 19.8 Å². The molecule has 3 rings (SSSR count). The van der Waals surface area contributed by atoms with Crippen molar-refractivity contribution in [1.82, 2.24) is 14.9 Å². The van der Waals surface area contributed by atoms with Gasteiger partial charge in [-0.05, 0) is 36.9 Å². The highest BCUT2D eigenvalue weighted by Crippen LogP contribution is 2.31. The van der Waals surface area contributed by atoms with Crippen molar-refractivity contribution in [2.45, 2.75) is 32.0 Å². The van der Waals surface area contributed by atoms with E-state index < -0.39 is 15.9 Å². The van der Waals surface area contributed by atoms with Gasteiger partial charge in [-0.15, -0.1) is 15.7 Å². The second-order valence-electron chi connectivity index (χ2n) is 7.29. The first-order chi connectivity index (χ1) is 14.1. The maximum atomic E-state index is 12.3. The molecular formula is C19H25N5O4S2. The largest absolute Gasteiger partial charge is 0.505 e. The van der Waals surface area contributed by atoms with Crippen molar-refractivity contribution < 1.29 is 18.3 Å². The first-order valence-corrected chi connectivity index (χ1v) is 11.6. The zero-order chi connectivity index (χ0) is 22.1. The number of anilines is 1. The second-order valence-corrected chi connectivity index (χ2v) is 9.61. The van der Waals surface area contributed by atoms with Crippen molar-refractivity contribution in [3.63, 3.8) is 0 Å². The Balaban J connectivity index is 1.94. The lowest BCUT2D eigenvalue weighted by atomic mass is 10.1. The summed E-state index contributed by atoms with van der Waals surface area (Å²) >= 11 is 1.57. The van der Waals surface area contributed by atoms with Crippen LogP contribution in [0.3, 0.4) is 0 Å². The Labute approximate surface area is 180 Å². The van der Waals surface area contributed by atoms with Crippen molar-refractivity contribution >= 4 is 39.0 Å². The zero-order valence-corrected chi connectivity index (χ0v) is 18.8. The van der Waals surface area contributed by atoms with Crippen LogP contribution in [-0.2, 0) is 10.2 Å². The quantitative estimate of drug-likeness (QED) is 0.500. The molecule has 0 saturated heterocycles. The van der Waals surface area contributed by atoms with Crippen molar-refractivity contribution in [3.8, 4) is 5.75 Å². The fraction of sp³-hybridized carbons (Fsp3) is 0.368. The molecule has 0 aliphatic carbocycles. The van der Waals surface area contributed by atoms with Gasteiger partial charge in [0.1, 0.15) is 5.66 Å². The van der Waals surface area contributed by atoms with Crippen molar-refractivity contribution in [2.24, 2.45) is 4.40 Å². The van der Waals surface area contributed by atoms with Crippen molar-refractivity contribution in [1.29, 1.82) is 0 Å². The molecule has 1 aromatic heterocycles. The average molecular weight is 452 g/mol. The normalized spacial score (nSPS) is 21.1. The van der Waals surface area contributed by atoms with Crippen LogP contribution in [0.15, 0.2) is 40.1 Å². The van der Waals surface area contributed by atoms with Gasteiger partial charge in [0, 0.05) is 25.0 Å². The van der Waals surface area contributed by atoms with Gasteiger partial charge in [-0.3, -0.25) is 10.1 Å². The summed E-state index contributed by atoms with van der Waals surface area (Å²) in [7, 11) is -0.781. The lowest BCUT2D eigenvalue weighted by Gasteiger charge is -2.31. The highest BCUT2D eigenvalue weighted by atomic mass is 32.2. The summed E-state index contributed by atoms with van der Waals surface area (Å²) in [6.07, 6.45) is 0.725. The van der Waals surface area contributed by atoms with Crippen molar-refractivity contribution in [2.75, 3.05) is 19.4 Å². The number of hydrogen-bond acceptors (Lipinski definition) is 7. The molecule has 1 unspecified atom stereocenters. The van der Waals surface area contributed by atoms with Crippen LogP contribution in [0.1, 0.15) is 41.5 Å². The van der Waals surface area contributed by atoms with Crippen LogP contribution in [-0.4, -0.2) is 49.9 Å². The van der Waals surface area contributed by atoms with Crippen LogP contribution in [0.4, 0.5) is 5.69 Å². The first-order valence-electron chi connectivity index (χ1n) is 9.32. The number of amidine groups is 1. The van der Waals surface area contributed by atoms with E-state index in [1.54, 1.807) is 44.5 Å². The van der Waals surface area contributed by atoms with Crippen LogP contribution in [0, 0.1) is 0 Å². The maximum Gasteiger partial charge on any atom is 0.323 e. The minimum Gasteiger partial charge on any atom is -0.505 e. The van der Waals surface area contributed by atoms with Gasteiger partial charge in [-0.25, -0.2) is 0 Å². The third-order valence-corrected chi connectivity index (χ3v) is 6.78. The molecule has 0 spiro atoms. The summed E-state index contributed by atoms with van der Waals surface area (Å²) in [5.74, 6) is -0.585. The van der Waals surface area contributed by atoms with Crippen molar-refractivity contribution in [3.05, 3.63) is 46.2 Å². The number of rotatable bonds is 6. The summed E-state index contributed by atoms with van der Waals surface area (Å²) in [4.78, 5) is 14.7. The molecule has 2 aromatic rings. The van der Waals surface area contributed by atoms with Gasteiger partial charge < -0.3 is 15.3 Å². The molecule has 162 valence electrons. The Bertz CT molecular complexity index is 1070. The van der Waals surface area contributed by atoms with E-state index in [1.165, 1.54) is 11.0 Å². The first kappa shape index (κ1) is 22.2. The van der Waals surface area contributed by atoms with Crippen LogP contribution >= 0.6 is 11.3 Å². The van der Waals surface area contributed by atoms with E-state index >= 15 is 0 Å². The predicted octanol–water partition coefficient (Wildman–Crippen LogP) is 2.27. The second kappa shape index (κ2) is 8.34. The standard InChI is InChI=1S/C19H25N5O4S2/c1-5-13(15-10-7-11-29-15)21-19(2)18(22-30(27,28)23-19)20-14-9-6-8-12(16(14)25)17(26)24(3)4/h6-11,13,21,23,25H,5H2,1-4H3,(H,20,22)/t13-,19?/m1/s1. The molecule has 1 amide bonds. The fourth-order valence-electron chi connectivity index (χ4n) is 3.18. The van der Waals surface area contributed by atoms with E-state index in [0.29, 0.717) is 0 Å². The third-order valence-electron chi connectivity index (χ3n) is 4.70. The number of nitrogens with one attached hydrogen (secondary N) is 3. The molecule has 30 heavy (non-hydrogen) atoms. The molecule has 0 fully saturated rings. The number of phenols is 1. The number of hydrogen-bond donors (Lipinski definition) is 4. The molecule has 0 bridgehead atoms. The van der Waals surface area contributed by atoms with Crippen LogP contribution in [0.25, 0.3) is 0 Å². The van der Waals surface area contributed by atoms with E-state index in [1.807, 2.05) is 24.4 Å². The molecule has 9 nitrogen and oxygen atoms in total. The Morgan fingerprint density at radius 2 is 2.07 bits per heavy atom. The summed E-state index contributed by atoms with van der Waals surface area (Å²) in [5.41, 5.74) is -0.964. The number of thiophene rings is 1. The number of para-hydroxylation sites is 1. The topological polar surface area (TPSA) is 123 Å². The van der Waals surface area contributed by atoms with Gasteiger partial charge in [0.25, 0.3) is 5.91 Å². The Morgan fingerprint density at radius 1 is 1.33 bits per heavy atom. The molecule has 1 aromatic carbocycles. The Kier molecular flexibility index (Phi) is 6.18. The smallest absolute Gasteiger partial charge is 0.323 e. The van der Waals surface area contributed by atoms with E-state index in [4.69, 9.17) is 0 Å². The number of phenolic OH excluding ortho intramolecular Hbond substituents is 1. The molecule has 0 radical (unpaired) electrons. The van der Waals surface area contributed by atoms with Crippen LogP contribution < -0.4 is 15.4 Å². The number of amides is 1. The highest BCUT2D eigenvalue weighted by Gasteiger charge is 2.43. The highest BCUT2D eigenvalue weighted by molar-refractivity contribution is 7.88. The maximum absolute atomic E-state index is 12.3. The number of carbonyl (C=O) groups is 1. The summed E-state index contributed by atoms with van der Waals surface area (Å²) in [5, 5.41) is 18.8. The van der Waals surface area contributed by atoms with Gasteiger partial charge in [-0.1, -0.05) is 19.1 Å². The van der Waals surface area contributed by atoms with Gasteiger partial charge >= 0.3 is 10.2 Å². The summed E-state index contributed by atoms with van der Waals surface area (Å²) in [6.45, 7) is 3.65. The SMILES string of the molecule is CC[C@@H](NC1(C)NS(=O)(=O)N=C1Nc1cccc(C(=O)N(C)C)c1O)c1cccs1.